The molecular formula is C20H17N3O3. The summed E-state index contributed by atoms with van der Waals surface area (Å²) in [7, 11) is 0. The van der Waals surface area contributed by atoms with E-state index < -0.39 is 23.7 Å². The molecule has 3 unspecified atom stereocenters. The van der Waals surface area contributed by atoms with Crippen LogP contribution in [0.3, 0.4) is 0 Å². The number of carbonyl (C=O) groups is 1. The van der Waals surface area contributed by atoms with Gasteiger partial charge in [0.15, 0.2) is 5.72 Å². The molecule has 2 N–H and O–H groups in total. The summed E-state index contributed by atoms with van der Waals surface area (Å²) in [5.74, 6) is -0.308. The molecule has 3 aromatic rings. The first-order chi connectivity index (χ1) is 12.6. The fourth-order valence-corrected chi connectivity index (χ4v) is 4.03. The number of esters is 1. The highest BCUT2D eigenvalue weighted by Gasteiger charge is 2.57. The molecule has 5 rings (SSSR count). The topological polar surface area (TPSA) is 76.4 Å². The second-order valence-electron chi connectivity index (χ2n) is 6.76. The zero-order chi connectivity index (χ0) is 17.9. The molecular weight excluding hydrogens is 330 g/mol. The Balaban J connectivity index is 1.79. The van der Waals surface area contributed by atoms with Crippen LogP contribution in [0.4, 0.5) is 5.82 Å². The van der Waals surface area contributed by atoms with Crippen molar-refractivity contribution in [3.8, 4) is 5.75 Å². The van der Waals surface area contributed by atoms with Gasteiger partial charge < -0.3 is 15.2 Å². The third-order valence-electron chi connectivity index (χ3n) is 5.11. The lowest BCUT2D eigenvalue weighted by Crippen LogP contribution is -2.57. The zero-order valence-electron chi connectivity index (χ0n) is 14.1. The van der Waals surface area contributed by atoms with E-state index in [1.807, 2.05) is 49.4 Å². The van der Waals surface area contributed by atoms with Crippen LogP contribution in [-0.2, 0) is 10.5 Å². The number of aromatic nitrogens is 2. The van der Waals surface area contributed by atoms with Crippen molar-refractivity contribution in [1.82, 2.24) is 9.78 Å². The van der Waals surface area contributed by atoms with Crippen molar-refractivity contribution < 1.29 is 14.6 Å². The SMILES string of the molecule is Cc1cc2n(n1)C(c1ccccc1)C1C(=O)Oc3ccccc3C1(O)N2. The number of fused-ring (bicyclic) bond motifs is 4. The van der Waals surface area contributed by atoms with Crippen LogP contribution >= 0.6 is 0 Å². The van der Waals surface area contributed by atoms with Gasteiger partial charge in [-0.25, -0.2) is 4.68 Å². The first-order valence-corrected chi connectivity index (χ1v) is 8.51. The van der Waals surface area contributed by atoms with Crippen LogP contribution in [0.1, 0.15) is 22.9 Å². The number of anilines is 1. The maximum atomic E-state index is 12.9. The number of carbonyl (C=O) groups excluding carboxylic acids is 1. The van der Waals surface area contributed by atoms with E-state index >= 15 is 0 Å². The average molecular weight is 347 g/mol. The number of aryl methyl sites for hydroxylation is 1. The van der Waals surface area contributed by atoms with Crippen molar-refractivity contribution in [3.05, 3.63) is 77.5 Å². The molecule has 0 saturated heterocycles. The van der Waals surface area contributed by atoms with E-state index in [1.54, 1.807) is 22.9 Å². The molecule has 2 aliphatic rings. The van der Waals surface area contributed by atoms with E-state index in [-0.39, 0.29) is 0 Å². The number of aliphatic hydroxyl groups is 1. The number of para-hydroxylation sites is 1. The second kappa shape index (κ2) is 5.19. The number of hydrogen-bond acceptors (Lipinski definition) is 5. The number of benzene rings is 2. The maximum Gasteiger partial charge on any atom is 0.322 e. The Morgan fingerprint density at radius 1 is 1.15 bits per heavy atom. The van der Waals surface area contributed by atoms with Crippen LogP contribution in [0.15, 0.2) is 60.7 Å². The standard InChI is InChI=1S/C20H17N3O3/c1-12-11-16-21-20(25)14-9-5-6-10-15(14)26-19(24)17(20)18(23(16)22-12)13-7-3-2-4-8-13/h2-11,17-18,21,25H,1H3. The largest absolute Gasteiger partial charge is 0.426 e. The van der Waals surface area contributed by atoms with Gasteiger partial charge in [-0.15, -0.1) is 0 Å². The van der Waals surface area contributed by atoms with Gasteiger partial charge >= 0.3 is 5.97 Å². The first-order valence-electron chi connectivity index (χ1n) is 8.51. The van der Waals surface area contributed by atoms with Crippen LogP contribution in [0, 0.1) is 12.8 Å². The van der Waals surface area contributed by atoms with E-state index in [4.69, 9.17) is 4.74 Å². The molecule has 1 aromatic heterocycles. The van der Waals surface area contributed by atoms with E-state index in [0.29, 0.717) is 17.1 Å². The summed E-state index contributed by atoms with van der Waals surface area (Å²) in [4.78, 5) is 12.9. The van der Waals surface area contributed by atoms with E-state index in [9.17, 15) is 9.90 Å². The van der Waals surface area contributed by atoms with Crippen LogP contribution in [0.25, 0.3) is 0 Å². The summed E-state index contributed by atoms with van der Waals surface area (Å²) in [5, 5.41) is 19.3. The Morgan fingerprint density at radius 3 is 2.69 bits per heavy atom. The Labute approximate surface area is 150 Å². The van der Waals surface area contributed by atoms with Gasteiger partial charge in [-0.1, -0.05) is 48.5 Å². The quantitative estimate of drug-likeness (QED) is 0.523. The van der Waals surface area contributed by atoms with Crippen molar-refractivity contribution in [2.24, 2.45) is 5.92 Å². The second-order valence-corrected chi connectivity index (χ2v) is 6.76. The molecule has 3 heterocycles. The molecule has 0 amide bonds. The Kier molecular flexibility index (Phi) is 3.02. The first kappa shape index (κ1) is 15.2. The summed E-state index contributed by atoms with van der Waals surface area (Å²) in [6, 6.07) is 18.1. The van der Waals surface area contributed by atoms with Gasteiger partial charge in [-0.2, -0.15) is 5.10 Å². The van der Waals surface area contributed by atoms with Crippen molar-refractivity contribution in [2.45, 2.75) is 18.7 Å². The highest BCUT2D eigenvalue weighted by molar-refractivity contribution is 5.82. The summed E-state index contributed by atoms with van der Waals surface area (Å²) in [6.07, 6.45) is 0. The molecule has 0 fully saturated rings. The Hall–Kier alpha value is -3.12. The molecule has 26 heavy (non-hydrogen) atoms. The van der Waals surface area contributed by atoms with Gasteiger partial charge in [0.05, 0.1) is 11.7 Å². The molecule has 6 heteroatoms. The molecule has 0 bridgehead atoms. The molecule has 6 nitrogen and oxygen atoms in total. The average Bonchev–Trinajstić information content (AvgIpc) is 3.00. The lowest BCUT2D eigenvalue weighted by atomic mass is 9.77. The maximum absolute atomic E-state index is 12.9. The number of ether oxygens (including phenoxy) is 1. The van der Waals surface area contributed by atoms with Gasteiger partial charge in [0.25, 0.3) is 0 Å². The van der Waals surface area contributed by atoms with Gasteiger partial charge in [0, 0.05) is 11.6 Å². The monoisotopic (exact) mass is 347 g/mol. The minimum Gasteiger partial charge on any atom is -0.426 e. The van der Waals surface area contributed by atoms with E-state index in [0.717, 1.165) is 11.3 Å². The van der Waals surface area contributed by atoms with Gasteiger partial charge in [-0.05, 0) is 18.6 Å². The van der Waals surface area contributed by atoms with Crippen molar-refractivity contribution >= 4 is 11.8 Å². The molecule has 2 aliphatic heterocycles. The van der Waals surface area contributed by atoms with E-state index in [1.165, 1.54) is 0 Å². The predicted molar refractivity (Wildman–Crippen MR) is 94.6 cm³/mol. The minimum atomic E-state index is -1.57. The highest BCUT2D eigenvalue weighted by Crippen LogP contribution is 2.50. The Morgan fingerprint density at radius 2 is 1.88 bits per heavy atom. The summed E-state index contributed by atoms with van der Waals surface area (Å²) >= 11 is 0. The molecule has 3 atom stereocenters. The molecule has 0 aliphatic carbocycles. The van der Waals surface area contributed by atoms with E-state index in [2.05, 4.69) is 10.4 Å². The van der Waals surface area contributed by atoms with Crippen LogP contribution in [0.5, 0.6) is 5.75 Å². The smallest absolute Gasteiger partial charge is 0.322 e. The van der Waals surface area contributed by atoms with Crippen LogP contribution in [0.2, 0.25) is 0 Å². The number of hydrogen-bond donors (Lipinski definition) is 2. The fraction of sp³-hybridized carbons (Fsp3) is 0.200. The van der Waals surface area contributed by atoms with Gasteiger partial charge in [0.1, 0.15) is 17.5 Å². The molecule has 0 spiro atoms. The van der Waals surface area contributed by atoms with Crippen molar-refractivity contribution in [1.29, 1.82) is 0 Å². The summed E-state index contributed by atoms with van der Waals surface area (Å²) < 4.78 is 7.32. The van der Waals surface area contributed by atoms with Crippen LogP contribution in [-0.4, -0.2) is 20.9 Å². The summed E-state index contributed by atoms with van der Waals surface area (Å²) in [5.41, 5.74) is 0.667. The zero-order valence-corrected chi connectivity index (χ0v) is 14.1. The van der Waals surface area contributed by atoms with Gasteiger partial charge in [0.2, 0.25) is 0 Å². The number of nitrogens with zero attached hydrogens (tertiary/aromatic N) is 2. The normalized spacial score (nSPS) is 26.2. The number of rotatable bonds is 1. The Bertz CT molecular complexity index is 1010. The fourth-order valence-electron chi connectivity index (χ4n) is 4.03. The third-order valence-corrected chi connectivity index (χ3v) is 5.11. The lowest BCUT2D eigenvalue weighted by Gasteiger charge is -2.47. The van der Waals surface area contributed by atoms with Crippen molar-refractivity contribution in [3.63, 3.8) is 0 Å². The predicted octanol–water partition coefficient (Wildman–Crippen LogP) is 2.59. The highest BCUT2D eigenvalue weighted by atomic mass is 16.5. The molecule has 130 valence electrons. The molecule has 0 saturated carbocycles. The molecule has 2 aromatic carbocycles. The van der Waals surface area contributed by atoms with Crippen LogP contribution < -0.4 is 10.1 Å². The lowest BCUT2D eigenvalue weighted by molar-refractivity contribution is -0.156. The summed E-state index contributed by atoms with van der Waals surface area (Å²) in [6.45, 7) is 1.88. The number of nitrogens with one attached hydrogen (secondary N) is 1. The van der Waals surface area contributed by atoms with Crippen molar-refractivity contribution in [2.75, 3.05) is 5.32 Å². The third kappa shape index (κ3) is 1.96. The van der Waals surface area contributed by atoms with Gasteiger partial charge in [-0.3, -0.25) is 4.79 Å². The molecule has 0 radical (unpaired) electrons. The minimum absolute atomic E-state index is 0.375.